The van der Waals surface area contributed by atoms with Crippen molar-refractivity contribution < 1.29 is 9.47 Å². The van der Waals surface area contributed by atoms with E-state index >= 15 is 0 Å². The molecule has 0 amide bonds. The molecule has 8 aliphatic carbocycles. The number of hydrogen-bond donors (Lipinski definition) is 0. The van der Waals surface area contributed by atoms with Crippen LogP contribution in [-0.2, 0) is 15.6 Å². The quantitative estimate of drug-likeness (QED) is 0.482. The molecule has 0 aromatic heterocycles. The molecule has 0 radical (unpaired) electrons. The number of ether oxygens (including phenoxy) is 2. The molecule has 0 N–H and O–H groups in total. The van der Waals surface area contributed by atoms with Crippen molar-refractivity contribution in [2.45, 2.75) is 101 Å². The molecule has 2 nitrogen and oxygen atoms in total. The zero-order chi connectivity index (χ0) is 21.1. The van der Waals surface area contributed by atoms with Crippen molar-refractivity contribution in [1.29, 1.82) is 0 Å². The number of benzene rings is 1. The minimum absolute atomic E-state index is 0.335. The van der Waals surface area contributed by atoms with E-state index in [0.29, 0.717) is 16.9 Å². The highest BCUT2D eigenvalue weighted by atomic mass is 16.6. The standard InChI is InChI=1S/C30H40O2/c1-18-2-25(29-10-19-3-20(11-29)5-21(4-19)12-29)9-27(28(18)32-17-26-16-31-26)30-13-22-6-23(14-30)8-24(7-22)15-30/h2,9,19-24,26H,3-8,10-17H2,1H3. The Morgan fingerprint density at radius 3 is 1.69 bits per heavy atom. The fourth-order valence-corrected chi connectivity index (χ4v) is 10.9. The van der Waals surface area contributed by atoms with Crippen LogP contribution in [0.4, 0.5) is 0 Å². The van der Waals surface area contributed by atoms with E-state index in [9.17, 15) is 0 Å². The van der Waals surface area contributed by atoms with Crippen LogP contribution in [0.2, 0.25) is 0 Å². The summed E-state index contributed by atoms with van der Waals surface area (Å²) in [6, 6.07) is 5.33. The molecule has 1 aromatic carbocycles. The highest BCUT2D eigenvalue weighted by molar-refractivity contribution is 5.51. The maximum absolute atomic E-state index is 6.63. The average Bonchev–Trinajstić information content (AvgIpc) is 3.55. The van der Waals surface area contributed by atoms with Crippen LogP contribution in [0.1, 0.15) is 93.7 Å². The van der Waals surface area contributed by atoms with Gasteiger partial charge < -0.3 is 9.47 Å². The fourth-order valence-electron chi connectivity index (χ4n) is 10.9. The molecule has 9 fully saturated rings. The Labute approximate surface area is 193 Å². The summed E-state index contributed by atoms with van der Waals surface area (Å²) in [6.45, 7) is 3.99. The Morgan fingerprint density at radius 1 is 0.750 bits per heavy atom. The van der Waals surface area contributed by atoms with Crippen molar-refractivity contribution in [1.82, 2.24) is 0 Å². The summed E-state index contributed by atoms with van der Waals surface area (Å²) in [4.78, 5) is 0. The molecule has 1 unspecified atom stereocenters. The Morgan fingerprint density at radius 2 is 1.22 bits per heavy atom. The normalized spacial score (nSPS) is 49.6. The van der Waals surface area contributed by atoms with Gasteiger partial charge in [-0.05, 0) is 141 Å². The molecule has 1 atom stereocenters. The van der Waals surface area contributed by atoms with Gasteiger partial charge in [-0.3, -0.25) is 0 Å². The van der Waals surface area contributed by atoms with E-state index in [4.69, 9.17) is 9.47 Å². The molecule has 1 aliphatic heterocycles. The van der Waals surface area contributed by atoms with Crippen molar-refractivity contribution in [2.24, 2.45) is 35.5 Å². The van der Waals surface area contributed by atoms with Gasteiger partial charge in [0.2, 0.25) is 0 Å². The van der Waals surface area contributed by atoms with Crippen LogP contribution < -0.4 is 4.74 Å². The predicted octanol–water partition coefficient (Wildman–Crippen LogP) is 6.71. The summed E-state index contributed by atoms with van der Waals surface area (Å²) in [5.74, 6) is 7.21. The lowest BCUT2D eigenvalue weighted by Gasteiger charge is -2.59. The molecule has 0 spiro atoms. The summed E-state index contributed by atoms with van der Waals surface area (Å²) >= 11 is 0. The minimum atomic E-state index is 0.335. The van der Waals surface area contributed by atoms with Gasteiger partial charge in [0.15, 0.2) is 0 Å². The van der Waals surface area contributed by atoms with Crippen LogP contribution in [-0.4, -0.2) is 19.3 Å². The summed E-state index contributed by atoms with van der Waals surface area (Å²) in [5, 5.41) is 0. The lowest BCUT2D eigenvalue weighted by atomic mass is 9.46. The first-order valence-corrected chi connectivity index (χ1v) is 14.0. The molecule has 10 rings (SSSR count). The van der Waals surface area contributed by atoms with Crippen LogP contribution in [0, 0.1) is 42.4 Å². The number of epoxide rings is 1. The van der Waals surface area contributed by atoms with Gasteiger partial charge in [-0.15, -0.1) is 0 Å². The van der Waals surface area contributed by atoms with Gasteiger partial charge >= 0.3 is 0 Å². The number of hydrogen-bond acceptors (Lipinski definition) is 2. The van der Waals surface area contributed by atoms with Gasteiger partial charge in [-0.1, -0.05) is 12.1 Å². The Hall–Kier alpha value is -1.02. The zero-order valence-electron chi connectivity index (χ0n) is 19.9. The van der Waals surface area contributed by atoms with E-state index in [1.54, 1.807) is 11.1 Å². The van der Waals surface area contributed by atoms with Crippen LogP contribution >= 0.6 is 0 Å². The third-order valence-electron chi connectivity index (χ3n) is 11.4. The summed E-state index contributed by atoms with van der Waals surface area (Å²) in [7, 11) is 0. The van der Waals surface area contributed by atoms with Crippen molar-refractivity contribution >= 4 is 0 Å². The molecule has 9 aliphatic rings. The second kappa shape index (κ2) is 6.55. The van der Waals surface area contributed by atoms with Gasteiger partial charge in [0, 0.05) is 5.56 Å². The van der Waals surface area contributed by atoms with E-state index in [-0.39, 0.29) is 0 Å². The monoisotopic (exact) mass is 432 g/mol. The second-order valence-electron chi connectivity index (χ2n) is 13.8. The molecule has 8 bridgehead atoms. The van der Waals surface area contributed by atoms with Gasteiger partial charge in [-0.25, -0.2) is 0 Å². The van der Waals surface area contributed by atoms with Gasteiger partial charge in [0.25, 0.3) is 0 Å². The van der Waals surface area contributed by atoms with Crippen LogP contribution in [0.15, 0.2) is 12.1 Å². The zero-order valence-corrected chi connectivity index (χ0v) is 19.9. The minimum Gasteiger partial charge on any atom is -0.490 e. The first-order chi connectivity index (χ1) is 15.6. The Kier molecular flexibility index (Phi) is 3.95. The maximum Gasteiger partial charge on any atom is 0.126 e. The summed E-state index contributed by atoms with van der Waals surface area (Å²) in [6.07, 6.45) is 18.2. The van der Waals surface area contributed by atoms with E-state index in [1.165, 1.54) is 88.4 Å². The van der Waals surface area contributed by atoms with E-state index in [2.05, 4.69) is 19.1 Å². The molecule has 172 valence electrons. The maximum atomic E-state index is 6.63. The molecular formula is C30H40O2. The van der Waals surface area contributed by atoms with Crippen molar-refractivity contribution in [3.05, 3.63) is 28.8 Å². The smallest absolute Gasteiger partial charge is 0.126 e. The van der Waals surface area contributed by atoms with Gasteiger partial charge in [-0.2, -0.15) is 0 Å². The highest BCUT2D eigenvalue weighted by Gasteiger charge is 2.55. The SMILES string of the molecule is Cc1cc(C23CC4CC(CC(C4)C2)C3)cc(C23CC4CC(CC(C4)C2)C3)c1OCC1CO1. The van der Waals surface area contributed by atoms with Crippen LogP contribution in [0.25, 0.3) is 0 Å². The first-order valence-electron chi connectivity index (χ1n) is 14.0. The molecule has 1 aromatic rings. The number of aryl methyl sites for hydroxylation is 1. The average molecular weight is 433 g/mol. The third kappa shape index (κ3) is 2.87. The Bertz CT molecular complexity index is 870. The lowest BCUT2D eigenvalue weighted by molar-refractivity contribution is -0.00928. The molecule has 1 heterocycles. The predicted molar refractivity (Wildman–Crippen MR) is 126 cm³/mol. The molecule has 8 saturated carbocycles. The topological polar surface area (TPSA) is 21.8 Å². The molecular weight excluding hydrogens is 392 g/mol. The van der Waals surface area contributed by atoms with E-state index < -0.39 is 0 Å². The summed E-state index contributed by atoms with van der Waals surface area (Å²) in [5.41, 5.74) is 5.66. The first kappa shape index (κ1) is 19.3. The fraction of sp³-hybridized carbons (Fsp3) is 0.800. The largest absolute Gasteiger partial charge is 0.490 e. The molecule has 32 heavy (non-hydrogen) atoms. The number of rotatable bonds is 5. The molecule has 2 heteroatoms. The second-order valence-corrected chi connectivity index (χ2v) is 13.8. The molecule has 1 saturated heterocycles. The summed E-state index contributed by atoms with van der Waals surface area (Å²) < 4.78 is 12.2. The van der Waals surface area contributed by atoms with E-state index in [1.807, 2.05) is 0 Å². The van der Waals surface area contributed by atoms with Crippen molar-refractivity contribution in [3.63, 3.8) is 0 Å². The van der Waals surface area contributed by atoms with Gasteiger partial charge in [0.1, 0.15) is 18.5 Å². The van der Waals surface area contributed by atoms with Gasteiger partial charge in [0.05, 0.1) is 6.61 Å². The van der Waals surface area contributed by atoms with E-state index in [0.717, 1.165) is 48.7 Å². The van der Waals surface area contributed by atoms with Crippen LogP contribution in [0.3, 0.4) is 0 Å². The Balaban J connectivity index is 1.24. The third-order valence-corrected chi connectivity index (χ3v) is 11.4. The van der Waals surface area contributed by atoms with Crippen molar-refractivity contribution in [3.8, 4) is 5.75 Å². The lowest BCUT2D eigenvalue weighted by Crippen LogP contribution is -2.50. The highest BCUT2D eigenvalue weighted by Crippen LogP contribution is 2.64. The van der Waals surface area contributed by atoms with Crippen molar-refractivity contribution in [2.75, 3.05) is 13.2 Å². The van der Waals surface area contributed by atoms with Crippen LogP contribution in [0.5, 0.6) is 5.75 Å².